The number of likely N-dealkylation sites (tertiary alicyclic amines) is 1. The Morgan fingerprint density at radius 1 is 0.953 bits per heavy atom. The van der Waals surface area contributed by atoms with E-state index in [1.807, 2.05) is 49.4 Å². The zero-order valence-corrected chi connectivity index (χ0v) is 25.6. The molecule has 2 heterocycles. The first kappa shape index (κ1) is 30.5. The highest BCUT2D eigenvalue weighted by Gasteiger charge is 2.45. The summed E-state index contributed by atoms with van der Waals surface area (Å²) in [5, 5.41) is 11.5. The summed E-state index contributed by atoms with van der Waals surface area (Å²) in [7, 11) is 0. The van der Waals surface area contributed by atoms with Gasteiger partial charge in [-0.05, 0) is 59.7 Å². The monoisotopic (exact) mass is 582 g/mol. The molecule has 7 nitrogen and oxygen atoms in total. The van der Waals surface area contributed by atoms with Crippen molar-refractivity contribution in [1.82, 2.24) is 9.80 Å². The molecule has 1 amide bonds. The van der Waals surface area contributed by atoms with Crippen LogP contribution in [0.5, 0.6) is 5.75 Å². The molecule has 1 atom stereocenters. The van der Waals surface area contributed by atoms with Gasteiger partial charge in [-0.25, -0.2) is 0 Å². The summed E-state index contributed by atoms with van der Waals surface area (Å²) in [4.78, 5) is 30.9. The first-order chi connectivity index (χ1) is 20.6. The van der Waals surface area contributed by atoms with Crippen molar-refractivity contribution in [2.75, 3.05) is 39.4 Å². The zero-order chi connectivity index (χ0) is 30.6. The van der Waals surface area contributed by atoms with Crippen LogP contribution in [0.15, 0.2) is 78.4 Å². The van der Waals surface area contributed by atoms with E-state index >= 15 is 0 Å². The van der Waals surface area contributed by atoms with Crippen molar-refractivity contribution in [2.45, 2.75) is 52.2 Å². The van der Waals surface area contributed by atoms with Gasteiger partial charge in [0.1, 0.15) is 18.1 Å². The molecule has 7 heteroatoms. The van der Waals surface area contributed by atoms with E-state index < -0.39 is 17.7 Å². The summed E-state index contributed by atoms with van der Waals surface area (Å²) in [5.74, 6) is -0.764. The number of ether oxygens (including phenoxy) is 2. The normalized spacial score (nSPS) is 19.2. The minimum absolute atomic E-state index is 0.0400. The highest BCUT2D eigenvalue weighted by molar-refractivity contribution is 6.46. The Labute approximate surface area is 254 Å². The molecule has 3 aromatic rings. The molecule has 5 rings (SSSR count). The molecule has 1 unspecified atom stereocenters. The van der Waals surface area contributed by atoms with E-state index in [0.29, 0.717) is 37.7 Å². The Morgan fingerprint density at radius 2 is 1.65 bits per heavy atom. The number of nitrogens with zero attached hydrogens (tertiary/aromatic N) is 2. The van der Waals surface area contributed by atoms with Gasteiger partial charge in [-0.3, -0.25) is 14.5 Å². The van der Waals surface area contributed by atoms with E-state index in [-0.39, 0.29) is 16.7 Å². The van der Waals surface area contributed by atoms with Crippen molar-refractivity contribution in [3.63, 3.8) is 0 Å². The van der Waals surface area contributed by atoms with Crippen molar-refractivity contribution in [2.24, 2.45) is 0 Å². The minimum atomic E-state index is -0.670. The second-order valence-corrected chi connectivity index (χ2v) is 12.5. The van der Waals surface area contributed by atoms with Crippen LogP contribution in [0.1, 0.15) is 61.1 Å². The maximum absolute atomic E-state index is 13.5. The highest BCUT2D eigenvalue weighted by atomic mass is 16.5. The van der Waals surface area contributed by atoms with E-state index in [9.17, 15) is 14.7 Å². The Morgan fingerprint density at radius 3 is 2.30 bits per heavy atom. The molecule has 3 aromatic carbocycles. The Kier molecular flexibility index (Phi) is 9.33. The second kappa shape index (κ2) is 13.1. The average molecular weight is 583 g/mol. The molecule has 0 aromatic heterocycles. The molecule has 0 radical (unpaired) electrons. The predicted molar refractivity (Wildman–Crippen MR) is 168 cm³/mol. The summed E-state index contributed by atoms with van der Waals surface area (Å²) in [6, 6.07) is 22.5. The number of hydrogen-bond acceptors (Lipinski definition) is 6. The number of aliphatic hydroxyl groups is 1. The van der Waals surface area contributed by atoms with Crippen LogP contribution in [-0.2, 0) is 26.3 Å². The van der Waals surface area contributed by atoms with Crippen molar-refractivity contribution >= 4 is 17.4 Å². The first-order valence-electron chi connectivity index (χ1n) is 15.1. The van der Waals surface area contributed by atoms with Crippen LogP contribution in [0.25, 0.3) is 5.76 Å². The molecule has 0 saturated carbocycles. The van der Waals surface area contributed by atoms with Crippen LogP contribution < -0.4 is 4.74 Å². The third kappa shape index (κ3) is 7.17. The topological polar surface area (TPSA) is 79.3 Å². The number of Topliss-reactive ketones (excluding diaryl/α,β-unsaturated/α-hetero) is 1. The molecule has 0 bridgehead atoms. The summed E-state index contributed by atoms with van der Waals surface area (Å²) < 4.78 is 11.4. The fraction of sp³-hybridized carbons (Fsp3) is 0.389. The van der Waals surface area contributed by atoms with Crippen molar-refractivity contribution in [3.05, 3.63) is 106 Å². The summed E-state index contributed by atoms with van der Waals surface area (Å²) in [6.45, 7) is 13.3. The van der Waals surface area contributed by atoms with Gasteiger partial charge >= 0.3 is 0 Å². The molecular weight excluding hydrogens is 540 g/mol. The van der Waals surface area contributed by atoms with Crippen LogP contribution in [0.4, 0.5) is 0 Å². The summed E-state index contributed by atoms with van der Waals surface area (Å²) >= 11 is 0. The molecule has 2 aliphatic heterocycles. The number of ketones is 1. The minimum Gasteiger partial charge on any atom is -0.507 e. The molecule has 2 fully saturated rings. The van der Waals surface area contributed by atoms with Crippen LogP contribution >= 0.6 is 0 Å². The quantitative estimate of drug-likeness (QED) is 0.189. The Balaban J connectivity index is 1.41. The maximum Gasteiger partial charge on any atom is 0.295 e. The van der Waals surface area contributed by atoms with Gasteiger partial charge in [-0.15, -0.1) is 0 Å². The van der Waals surface area contributed by atoms with Gasteiger partial charge in [-0.2, -0.15) is 0 Å². The molecule has 43 heavy (non-hydrogen) atoms. The molecular formula is C36H42N2O5. The van der Waals surface area contributed by atoms with Crippen LogP contribution in [0.2, 0.25) is 0 Å². The van der Waals surface area contributed by atoms with Gasteiger partial charge in [0.2, 0.25) is 0 Å². The number of amides is 1. The Bertz CT molecular complexity index is 1460. The number of morpholine rings is 1. The van der Waals surface area contributed by atoms with Gasteiger partial charge in [-0.1, -0.05) is 74.9 Å². The number of rotatable bonds is 9. The van der Waals surface area contributed by atoms with Gasteiger partial charge < -0.3 is 19.5 Å². The molecule has 0 aliphatic carbocycles. The zero-order valence-electron chi connectivity index (χ0n) is 25.6. The van der Waals surface area contributed by atoms with Crippen LogP contribution in [0, 0.1) is 6.92 Å². The van der Waals surface area contributed by atoms with E-state index in [4.69, 9.17) is 9.47 Å². The largest absolute Gasteiger partial charge is 0.507 e. The molecule has 2 aliphatic rings. The number of benzene rings is 3. The summed E-state index contributed by atoms with van der Waals surface area (Å²) in [6.07, 6.45) is 0.719. The molecule has 0 spiro atoms. The fourth-order valence-electron chi connectivity index (χ4n) is 5.75. The third-order valence-corrected chi connectivity index (χ3v) is 8.23. The standard InChI is InChI=1S/C36H42N2O5/c1-25-7-5-8-26(23-25)24-43-30-15-11-28(12-16-30)33(39)31-32(27-9-13-29(14-10-27)36(2,3)4)38(35(41)34(31)40)18-6-17-37-19-21-42-22-20-37/h5,7-16,23,32,39H,6,17-22,24H2,1-4H3/b33-31+. The van der Waals surface area contributed by atoms with Crippen molar-refractivity contribution < 1.29 is 24.2 Å². The van der Waals surface area contributed by atoms with E-state index in [1.54, 1.807) is 29.2 Å². The number of aliphatic hydroxyl groups excluding tert-OH is 1. The predicted octanol–water partition coefficient (Wildman–Crippen LogP) is 6.02. The lowest BCUT2D eigenvalue weighted by molar-refractivity contribution is -0.140. The molecule has 1 N–H and O–H groups in total. The summed E-state index contributed by atoms with van der Waals surface area (Å²) in [5.41, 5.74) is 4.74. The lowest BCUT2D eigenvalue weighted by atomic mass is 9.85. The molecule has 226 valence electrons. The highest BCUT2D eigenvalue weighted by Crippen LogP contribution is 2.40. The third-order valence-electron chi connectivity index (χ3n) is 8.23. The number of hydrogen-bond donors (Lipinski definition) is 1. The van der Waals surface area contributed by atoms with Crippen LogP contribution in [-0.4, -0.2) is 66.0 Å². The van der Waals surface area contributed by atoms with E-state index in [1.165, 1.54) is 5.56 Å². The van der Waals surface area contributed by atoms with E-state index in [2.05, 4.69) is 31.7 Å². The lowest BCUT2D eigenvalue weighted by Crippen LogP contribution is -2.39. The van der Waals surface area contributed by atoms with Crippen LogP contribution in [0.3, 0.4) is 0 Å². The SMILES string of the molecule is Cc1cccc(COc2ccc(/C(O)=C3\C(=O)C(=O)N(CCCN4CCOCC4)C3c3ccc(C(C)(C)C)cc3)cc2)c1. The van der Waals surface area contributed by atoms with Gasteiger partial charge in [0.25, 0.3) is 11.7 Å². The smallest absolute Gasteiger partial charge is 0.295 e. The number of carbonyl (C=O) groups excluding carboxylic acids is 2. The van der Waals surface area contributed by atoms with Crippen molar-refractivity contribution in [1.29, 1.82) is 0 Å². The second-order valence-electron chi connectivity index (χ2n) is 12.5. The first-order valence-corrected chi connectivity index (χ1v) is 15.1. The average Bonchev–Trinajstić information content (AvgIpc) is 3.25. The van der Waals surface area contributed by atoms with E-state index in [0.717, 1.165) is 42.7 Å². The van der Waals surface area contributed by atoms with Gasteiger partial charge in [0, 0.05) is 31.7 Å². The number of carbonyl (C=O) groups is 2. The van der Waals surface area contributed by atoms with Gasteiger partial charge in [0.15, 0.2) is 0 Å². The Hall–Kier alpha value is -3.94. The fourth-order valence-corrected chi connectivity index (χ4v) is 5.75. The molecule has 2 saturated heterocycles. The lowest BCUT2D eigenvalue weighted by Gasteiger charge is -2.29. The van der Waals surface area contributed by atoms with Crippen molar-refractivity contribution in [3.8, 4) is 5.75 Å². The van der Waals surface area contributed by atoms with Gasteiger partial charge in [0.05, 0.1) is 24.8 Å². The number of aryl methyl sites for hydroxylation is 1. The maximum atomic E-state index is 13.5.